The first-order valence-corrected chi connectivity index (χ1v) is 12.6. The Hall–Kier alpha value is -3.37. The molecule has 1 amide bonds. The number of amides is 1. The summed E-state index contributed by atoms with van der Waals surface area (Å²) in [6.07, 6.45) is 2.25. The van der Waals surface area contributed by atoms with Gasteiger partial charge in [0.15, 0.2) is 5.82 Å². The van der Waals surface area contributed by atoms with Gasteiger partial charge in [-0.05, 0) is 73.4 Å². The standard InChI is InChI=1S/C24H26FN5O3S/c25-20-7-5-18(6-8-20)22-11-12-23(29-28-22)30-15-1-2-19(16-30)24(31)27-14-13-17-3-9-21(10-4-17)34(26,32)33/h3-12,19H,1-2,13-16H2,(H,27,31)(H2,26,32,33)/t19-/m0/s1. The van der Waals surface area contributed by atoms with Crippen LogP contribution in [0, 0.1) is 11.7 Å². The molecular formula is C24H26FN5O3S. The molecule has 0 radical (unpaired) electrons. The van der Waals surface area contributed by atoms with Crippen LogP contribution in [0.25, 0.3) is 11.3 Å². The first kappa shape index (κ1) is 23.8. The number of halogens is 1. The van der Waals surface area contributed by atoms with Crippen molar-refractivity contribution >= 4 is 21.7 Å². The number of nitrogens with one attached hydrogen (secondary N) is 1. The third kappa shape index (κ3) is 5.95. The number of hydrogen-bond donors (Lipinski definition) is 2. The molecular weight excluding hydrogens is 457 g/mol. The molecule has 1 aliphatic rings. The molecule has 34 heavy (non-hydrogen) atoms. The van der Waals surface area contributed by atoms with Gasteiger partial charge in [-0.3, -0.25) is 4.79 Å². The highest BCUT2D eigenvalue weighted by atomic mass is 32.2. The number of sulfonamides is 1. The van der Waals surface area contributed by atoms with Gasteiger partial charge >= 0.3 is 0 Å². The van der Waals surface area contributed by atoms with Gasteiger partial charge in [-0.15, -0.1) is 10.2 Å². The van der Waals surface area contributed by atoms with Crippen molar-refractivity contribution in [3.63, 3.8) is 0 Å². The fourth-order valence-electron chi connectivity index (χ4n) is 3.99. The number of nitrogens with zero attached hydrogens (tertiary/aromatic N) is 3. The Bertz CT molecular complexity index is 1230. The van der Waals surface area contributed by atoms with E-state index in [2.05, 4.69) is 20.4 Å². The van der Waals surface area contributed by atoms with Crippen LogP contribution in [0.15, 0.2) is 65.6 Å². The third-order valence-electron chi connectivity index (χ3n) is 5.87. The summed E-state index contributed by atoms with van der Waals surface area (Å²) in [6, 6.07) is 16.1. The number of nitrogens with two attached hydrogens (primary N) is 1. The molecule has 4 rings (SSSR count). The molecule has 0 bridgehead atoms. The maximum Gasteiger partial charge on any atom is 0.238 e. The number of benzene rings is 2. The van der Waals surface area contributed by atoms with Gasteiger partial charge in [-0.1, -0.05) is 12.1 Å². The molecule has 3 N–H and O–H groups in total. The van der Waals surface area contributed by atoms with Crippen molar-refractivity contribution in [3.8, 4) is 11.3 Å². The molecule has 1 atom stereocenters. The SMILES string of the molecule is NS(=O)(=O)c1ccc(CCNC(=O)[C@H]2CCCN(c3ccc(-c4ccc(F)cc4)nn3)C2)cc1. The van der Waals surface area contributed by atoms with E-state index < -0.39 is 10.0 Å². The Morgan fingerprint density at radius 1 is 1.06 bits per heavy atom. The van der Waals surface area contributed by atoms with Crippen molar-refractivity contribution in [2.45, 2.75) is 24.2 Å². The summed E-state index contributed by atoms with van der Waals surface area (Å²) in [7, 11) is -3.71. The molecule has 3 aromatic rings. The lowest BCUT2D eigenvalue weighted by Crippen LogP contribution is -2.43. The summed E-state index contributed by atoms with van der Waals surface area (Å²) >= 11 is 0. The van der Waals surface area contributed by atoms with Crippen LogP contribution in [0.4, 0.5) is 10.2 Å². The molecule has 1 aromatic heterocycles. The van der Waals surface area contributed by atoms with Crippen molar-refractivity contribution in [1.82, 2.24) is 15.5 Å². The summed E-state index contributed by atoms with van der Waals surface area (Å²) in [5.41, 5.74) is 2.36. The molecule has 0 saturated carbocycles. The number of carbonyl (C=O) groups is 1. The second-order valence-corrected chi connectivity index (χ2v) is 9.86. The number of anilines is 1. The van der Waals surface area contributed by atoms with E-state index in [0.717, 1.165) is 30.5 Å². The second-order valence-electron chi connectivity index (χ2n) is 8.30. The van der Waals surface area contributed by atoms with E-state index in [-0.39, 0.29) is 22.5 Å². The predicted molar refractivity (Wildman–Crippen MR) is 127 cm³/mol. The van der Waals surface area contributed by atoms with Crippen molar-refractivity contribution in [2.24, 2.45) is 11.1 Å². The molecule has 178 valence electrons. The van der Waals surface area contributed by atoms with Crippen LogP contribution in [0.5, 0.6) is 0 Å². The van der Waals surface area contributed by atoms with E-state index in [1.54, 1.807) is 24.3 Å². The highest BCUT2D eigenvalue weighted by Crippen LogP contribution is 2.23. The van der Waals surface area contributed by atoms with E-state index in [4.69, 9.17) is 5.14 Å². The second kappa shape index (κ2) is 10.3. The molecule has 8 nitrogen and oxygen atoms in total. The van der Waals surface area contributed by atoms with Crippen LogP contribution in [-0.4, -0.2) is 44.2 Å². The molecule has 2 aromatic carbocycles. The minimum Gasteiger partial charge on any atom is -0.355 e. The predicted octanol–water partition coefficient (Wildman–Crippen LogP) is 2.51. The molecule has 1 aliphatic heterocycles. The van der Waals surface area contributed by atoms with E-state index in [9.17, 15) is 17.6 Å². The van der Waals surface area contributed by atoms with Crippen LogP contribution < -0.4 is 15.4 Å². The summed E-state index contributed by atoms with van der Waals surface area (Å²) < 4.78 is 35.8. The Morgan fingerprint density at radius 2 is 1.79 bits per heavy atom. The highest BCUT2D eigenvalue weighted by Gasteiger charge is 2.26. The van der Waals surface area contributed by atoms with Crippen LogP contribution in [0.2, 0.25) is 0 Å². The Morgan fingerprint density at radius 3 is 2.44 bits per heavy atom. The van der Waals surface area contributed by atoms with Crippen LogP contribution in [0.3, 0.4) is 0 Å². The zero-order valence-corrected chi connectivity index (χ0v) is 19.3. The lowest BCUT2D eigenvalue weighted by Gasteiger charge is -2.32. The molecule has 0 unspecified atom stereocenters. The number of rotatable bonds is 7. The summed E-state index contributed by atoms with van der Waals surface area (Å²) in [6.45, 7) is 1.81. The minimum atomic E-state index is -3.71. The monoisotopic (exact) mass is 483 g/mol. The Kier molecular flexibility index (Phi) is 7.18. The van der Waals surface area contributed by atoms with Gasteiger partial charge in [0.1, 0.15) is 5.82 Å². The van der Waals surface area contributed by atoms with Crippen molar-refractivity contribution in [1.29, 1.82) is 0 Å². The third-order valence-corrected chi connectivity index (χ3v) is 6.80. The van der Waals surface area contributed by atoms with Gasteiger partial charge in [0.05, 0.1) is 16.5 Å². The number of hydrogen-bond acceptors (Lipinski definition) is 6. The van der Waals surface area contributed by atoms with Gasteiger partial charge in [-0.2, -0.15) is 0 Å². The number of piperidine rings is 1. The summed E-state index contributed by atoms with van der Waals surface area (Å²) in [5.74, 6) is 0.239. The fourth-order valence-corrected chi connectivity index (χ4v) is 4.50. The van der Waals surface area contributed by atoms with Crippen LogP contribution in [-0.2, 0) is 21.2 Å². The summed E-state index contributed by atoms with van der Waals surface area (Å²) in [4.78, 5) is 14.8. The topological polar surface area (TPSA) is 118 Å². The first-order chi connectivity index (χ1) is 16.3. The van der Waals surface area contributed by atoms with Crippen molar-refractivity contribution < 1.29 is 17.6 Å². The minimum absolute atomic E-state index is 0.0123. The van der Waals surface area contributed by atoms with Crippen LogP contribution in [0.1, 0.15) is 18.4 Å². The van der Waals surface area contributed by atoms with Gasteiger partial charge in [-0.25, -0.2) is 17.9 Å². The smallest absolute Gasteiger partial charge is 0.238 e. The zero-order chi connectivity index (χ0) is 24.1. The number of primary sulfonamides is 1. The van der Waals surface area contributed by atoms with E-state index in [1.165, 1.54) is 24.3 Å². The van der Waals surface area contributed by atoms with Crippen molar-refractivity contribution in [3.05, 3.63) is 72.0 Å². The van der Waals surface area contributed by atoms with Gasteiger partial charge < -0.3 is 10.2 Å². The average Bonchev–Trinajstić information content (AvgIpc) is 2.84. The quantitative estimate of drug-likeness (QED) is 0.533. The van der Waals surface area contributed by atoms with Gasteiger partial charge in [0.2, 0.25) is 15.9 Å². The Labute approximate surface area is 198 Å². The van der Waals surface area contributed by atoms with Crippen molar-refractivity contribution in [2.75, 3.05) is 24.5 Å². The lowest BCUT2D eigenvalue weighted by molar-refractivity contribution is -0.125. The molecule has 2 heterocycles. The Balaban J connectivity index is 1.30. The molecule has 1 saturated heterocycles. The van der Waals surface area contributed by atoms with E-state index >= 15 is 0 Å². The largest absolute Gasteiger partial charge is 0.355 e. The molecule has 0 aliphatic carbocycles. The van der Waals surface area contributed by atoms with Gasteiger partial charge in [0.25, 0.3) is 0 Å². The maximum absolute atomic E-state index is 13.1. The normalized spacial score (nSPS) is 16.3. The number of carbonyl (C=O) groups excluding carboxylic acids is 1. The molecule has 0 spiro atoms. The summed E-state index contributed by atoms with van der Waals surface area (Å²) in [5, 5.41) is 16.7. The van der Waals surface area contributed by atoms with Gasteiger partial charge in [0, 0.05) is 25.2 Å². The zero-order valence-electron chi connectivity index (χ0n) is 18.5. The maximum atomic E-state index is 13.1. The van der Waals surface area contributed by atoms with E-state index in [1.807, 2.05) is 12.1 Å². The number of aromatic nitrogens is 2. The highest BCUT2D eigenvalue weighted by molar-refractivity contribution is 7.89. The lowest BCUT2D eigenvalue weighted by atomic mass is 9.97. The van der Waals surface area contributed by atoms with Crippen LogP contribution >= 0.6 is 0 Å². The molecule has 10 heteroatoms. The first-order valence-electron chi connectivity index (χ1n) is 11.0. The fraction of sp³-hybridized carbons (Fsp3) is 0.292. The molecule has 1 fully saturated rings. The average molecular weight is 484 g/mol. The van der Waals surface area contributed by atoms with E-state index in [0.29, 0.717) is 31.0 Å².